The number of carbonyl (C=O) groups is 2. The summed E-state index contributed by atoms with van der Waals surface area (Å²) >= 11 is 0. The molecule has 1 atom stereocenters. The Balaban J connectivity index is 0.000000289. The minimum atomic E-state index is -4.50. The largest absolute Gasteiger partial charge is 1.00 e. The molecule has 4 aromatic carbocycles. The van der Waals surface area contributed by atoms with Crippen LogP contribution in [0, 0.1) is 0 Å². The second kappa shape index (κ2) is 15.3. The van der Waals surface area contributed by atoms with Crippen LogP contribution in [0.5, 0.6) is 5.75 Å². The van der Waals surface area contributed by atoms with Crippen molar-refractivity contribution in [2.45, 2.75) is 6.10 Å². The fourth-order valence-corrected chi connectivity index (χ4v) is 3.85. The van der Waals surface area contributed by atoms with Crippen LogP contribution in [-0.4, -0.2) is 48.1 Å². The van der Waals surface area contributed by atoms with Gasteiger partial charge < -0.3 is 14.4 Å². The summed E-state index contributed by atoms with van der Waals surface area (Å²) in [5, 5.41) is 9.38. The Bertz CT molecular complexity index is 1350. The number of hydrogen-bond donors (Lipinski definition) is 1. The van der Waals surface area contributed by atoms with Gasteiger partial charge >= 0.3 is 29.6 Å². The van der Waals surface area contributed by atoms with E-state index in [-0.39, 0.29) is 47.7 Å². The van der Waals surface area contributed by atoms with Gasteiger partial charge in [-0.25, -0.2) is 8.42 Å². The van der Waals surface area contributed by atoms with Crippen molar-refractivity contribution in [1.29, 1.82) is 0 Å². The van der Waals surface area contributed by atoms with E-state index < -0.39 is 22.0 Å². The topological polar surface area (TPSA) is 121 Å². The third-order valence-corrected chi connectivity index (χ3v) is 5.86. The molecule has 0 heterocycles. The molecule has 38 heavy (non-hydrogen) atoms. The van der Waals surface area contributed by atoms with Crippen molar-refractivity contribution in [3.63, 3.8) is 0 Å². The first kappa shape index (κ1) is 31.1. The molecule has 4 aromatic rings. The summed E-state index contributed by atoms with van der Waals surface area (Å²) in [6, 6.07) is 33.6. The number of aliphatic hydroxyl groups is 1. The Kier molecular flexibility index (Phi) is 12.6. The molecule has 1 unspecified atom stereocenters. The Morgan fingerprint density at radius 2 is 1.00 bits per heavy atom. The summed E-state index contributed by atoms with van der Waals surface area (Å²) in [5.41, 5.74) is 2.51. The van der Waals surface area contributed by atoms with Crippen molar-refractivity contribution >= 4 is 21.7 Å². The predicted molar refractivity (Wildman–Crippen MR) is 139 cm³/mol. The minimum absolute atomic E-state index is 0. The smallest absolute Gasteiger partial charge is 0.748 e. The molecule has 0 saturated carbocycles. The molecular weight excluding hydrogens is 515 g/mol. The van der Waals surface area contributed by atoms with E-state index in [4.69, 9.17) is 4.74 Å². The van der Waals surface area contributed by atoms with E-state index in [0.29, 0.717) is 16.9 Å². The fraction of sp³-hybridized carbons (Fsp3) is 0.103. The first-order valence-corrected chi connectivity index (χ1v) is 12.9. The molecule has 190 valence electrons. The van der Waals surface area contributed by atoms with E-state index in [1.54, 1.807) is 36.4 Å². The van der Waals surface area contributed by atoms with Crippen molar-refractivity contribution in [3.8, 4) is 5.75 Å². The van der Waals surface area contributed by atoms with E-state index in [2.05, 4.69) is 0 Å². The monoisotopic (exact) mass is 540 g/mol. The number of ketones is 2. The maximum atomic E-state index is 12.2. The average molecular weight is 541 g/mol. The van der Waals surface area contributed by atoms with Gasteiger partial charge in [0, 0.05) is 22.3 Å². The van der Waals surface area contributed by atoms with E-state index in [0.717, 1.165) is 11.1 Å². The first-order valence-electron chi connectivity index (χ1n) is 11.3. The molecule has 0 saturated heterocycles. The molecule has 4 rings (SSSR count). The summed E-state index contributed by atoms with van der Waals surface area (Å²) in [7, 11) is -4.50. The molecule has 0 radical (unpaired) electrons. The molecule has 0 fully saturated rings. The van der Waals surface area contributed by atoms with Gasteiger partial charge in [0.15, 0.2) is 11.6 Å². The van der Waals surface area contributed by atoms with E-state index in [1.165, 1.54) is 12.1 Å². The van der Waals surface area contributed by atoms with Gasteiger partial charge in [0.05, 0.1) is 15.9 Å². The van der Waals surface area contributed by atoms with Gasteiger partial charge in [-0.2, -0.15) is 0 Å². The van der Waals surface area contributed by atoms with E-state index in [1.807, 2.05) is 66.7 Å². The molecule has 1 N–H and O–H groups in total. The molecule has 0 aliphatic rings. The zero-order chi connectivity index (χ0) is 26.7. The first-order chi connectivity index (χ1) is 17.7. The Morgan fingerprint density at radius 3 is 1.34 bits per heavy atom. The van der Waals surface area contributed by atoms with Gasteiger partial charge in [-0.3, -0.25) is 9.59 Å². The zero-order valence-corrected chi connectivity index (χ0v) is 23.6. The van der Waals surface area contributed by atoms with Crippen LogP contribution < -0.4 is 34.3 Å². The van der Waals surface area contributed by atoms with Crippen LogP contribution >= 0.6 is 0 Å². The molecule has 0 aliphatic heterocycles. The Hall–Kier alpha value is -3.11. The standard InChI is InChI=1S/C16H16O6S.C13H10O.Na/c17-14(11-23(19,20)21)10-22-15-8-6-13(7-9-15)16(18)12-4-2-1-3-5-12;14-13(11-7-3-1-4-8-11)12-9-5-2-6-10-12;/h1-9,14,17H,10-11H2,(H,19,20,21);1-10H;/q;;+1/p-1. The second-order valence-electron chi connectivity index (χ2n) is 7.97. The maximum Gasteiger partial charge on any atom is 1.00 e. The second-order valence-corrected chi connectivity index (χ2v) is 9.42. The average Bonchev–Trinajstić information content (AvgIpc) is 2.92. The van der Waals surface area contributed by atoms with Gasteiger partial charge in [-0.05, 0) is 24.3 Å². The Labute approximate surface area is 244 Å². The molecule has 0 spiro atoms. The van der Waals surface area contributed by atoms with Crippen molar-refractivity contribution < 1.29 is 62.0 Å². The third-order valence-electron chi connectivity index (χ3n) is 5.06. The summed E-state index contributed by atoms with van der Waals surface area (Å²) in [6.07, 6.45) is -1.40. The van der Waals surface area contributed by atoms with Crippen LogP contribution in [0.1, 0.15) is 31.8 Å². The normalized spacial score (nSPS) is 11.2. The third kappa shape index (κ3) is 10.3. The molecule has 0 aromatic heterocycles. The van der Waals surface area contributed by atoms with Crippen molar-refractivity contribution in [3.05, 3.63) is 138 Å². The van der Waals surface area contributed by atoms with Crippen LogP contribution in [0.2, 0.25) is 0 Å². The molecule has 7 nitrogen and oxygen atoms in total. The van der Waals surface area contributed by atoms with E-state index in [9.17, 15) is 27.7 Å². The number of hydrogen-bond acceptors (Lipinski definition) is 7. The number of benzene rings is 4. The maximum absolute atomic E-state index is 12.2. The van der Waals surface area contributed by atoms with E-state index >= 15 is 0 Å². The minimum Gasteiger partial charge on any atom is -0.748 e. The fourth-order valence-electron chi connectivity index (χ4n) is 3.28. The Morgan fingerprint density at radius 1 is 0.658 bits per heavy atom. The van der Waals surface area contributed by atoms with Gasteiger partial charge in [0.1, 0.15) is 18.5 Å². The van der Waals surface area contributed by atoms with Crippen molar-refractivity contribution in [2.24, 2.45) is 0 Å². The number of ether oxygens (including phenoxy) is 1. The summed E-state index contributed by atoms with van der Waals surface area (Å²) in [5.74, 6) is -0.602. The quantitative estimate of drug-likeness (QED) is 0.192. The zero-order valence-electron chi connectivity index (χ0n) is 20.8. The van der Waals surface area contributed by atoms with Gasteiger partial charge in [0.2, 0.25) is 0 Å². The van der Waals surface area contributed by atoms with Gasteiger partial charge in [-0.1, -0.05) is 91.0 Å². The number of aliphatic hydroxyl groups excluding tert-OH is 1. The SMILES string of the molecule is O=C(c1ccccc1)c1ccc(OCC(O)CS(=O)(=O)[O-])cc1.O=C(c1ccccc1)c1ccccc1.[Na+]. The van der Waals surface area contributed by atoms with Crippen LogP contribution in [-0.2, 0) is 10.1 Å². The van der Waals surface area contributed by atoms with Gasteiger partial charge in [-0.15, -0.1) is 0 Å². The number of carbonyl (C=O) groups excluding carboxylic acids is 2. The summed E-state index contributed by atoms with van der Waals surface area (Å²) in [4.78, 5) is 24.0. The van der Waals surface area contributed by atoms with Crippen LogP contribution in [0.3, 0.4) is 0 Å². The summed E-state index contributed by atoms with van der Waals surface area (Å²) in [6.45, 7) is -0.326. The van der Waals surface area contributed by atoms with Crippen molar-refractivity contribution in [1.82, 2.24) is 0 Å². The molecule has 9 heteroatoms. The molecule has 0 amide bonds. The van der Waals surface area contributed by atoms with Crippen LogP contribution in [0.4, 0.5) is 0 Å². The molecule has 0 bridgehead atoms. The summed E-state index contributed by atoms with van der Waals surface area (Å²) < 4.78 is 36.7. The number of rotatable bonds is 9. The molecular formula is C29H25NaO7S. The van der Waals surface area contributed by atoms with Crippen LogP contribution in [0.25, 0.3) is 0 Å². The van der Waals surface area contributed by atoms with Gasteiger partial charge in [0.25, 0.3) is 0 Å². The van der Waals surface area contributed by atoms with Crippen molar-refractivity contribution in [2.75, 3.05) is 12.4 Å². The molecule has 0 aliphatic carbocycles. The predicted octanol–water partition coefficient (Wildman–Crippen LogP) is 1.12. The van der Waals surface area contributed by atoms with Crippen LogP contribution in [0.15, 0.2) is 115 Å².